The summed E-state index contributed by atoms with van der Waals surface area (Å²) in [5.41, 5.74) is 0. The molecule has 0 aliphatic heterocycles. The molecule has 1 heteroatoms. The van der Waals surface area contributed by atoms with Gasteiger partial charge in [0.05, 0.1) is 0 Å². The summed E-state index contributed by atoms with van der Waals surface area (Å²) >= 11 is 0. The molecule has 0 aromatic heterocycles. The average Bonchev–Trinajstić information content (AvgIpc) is 2.12. The second-order valence-corrected chi connectivity index (χ2v) is 7.00. The Morgan fingerprint density at radius 1 is 1.00 bits per heavy atom. The molecule has 17 heavy (non-hydrogen) atoms. The number of nitrogens with zero attached hydrogens (tertiary/aromatic N) is 1. The molecule has 0 radical (unpaired) electrons. The van der Waals surface area contributed by atoms with E-state index in [1.165, 1.54) is 45.1 Å². The van der Waals surface area contributed by atoms with Crippen LogP contribution in [0.1, 0.15) is 66.2 Å². The predicted octanol–water partition coefficient (Wildman–Crippen LogP) is 4.57. The zero-order valence-electron chi connectivity index (χ0n) is 12.7. The van der Waals surface area contributed by atoms with Crippen molar-refractivity contribution in [2.75, 3.05) is 13.6 Å². The highest BCUT2D eigenvalue weighted by molar-refractivity contribution is 4.86. The Hall–Kier alpha value is -0.0400. The molecule has 102 valence electrons. The number of hydrogen-bond acceptors (Lipinski definition) is 1. The maximum absolute atomic E-state index is 2.58. The SMILES string of the molecule is CC(C)CCCCC1CC(N(C)CC(C)C)C1. The number of rotatable bonds is 8. The smallest absolute Gasteiger partial charge is 0.00976 e. The highest BCUT2D eigenvalue weighted by atomic mass is 15.1. The van der Waals surface area contributed by atoms with Crippen LogP contribution in [0.5, 0.6) is 0 Å². The van der Waals surface area contributed by atoms with E-state index in [0.29, 0.717) is 0 Å². The molecule has 0 saturated heterocycles. The number of unbranched alkanes of at least 4 members (excludes halogenated alkanes) is 1. The third-order valence-corrected chi connectivity index (χ3v) is 4.13. The molecule has 1 aliphatic rings. The van der Waals surface area contributed by atoms with Crippen molar-refractivity contribution in [2.24, 2.45) is 17.8 Å². The third kappa shape index (κ3) is 5.90. The van der Waals surface area contributed by atoms with Crippen LogP contribution in [-0.4, -0.2) is 24.5 Å². The molecular weight excluding hydrogens is 206 g/mol. The minimum absolute atomic E-state index is 0.810. The average molecular weight is 239 g/mol. The lowest BCUT2D eigenvalue weighted by atomic mass is 9.76. The van der Waals surface area contributed by atoms with Crippen molar-refractivity contribution < 1.29 is 0 Å². The Labute approximate surface area is 109 Å². The Morgan fingerprint density at radius 3 is 2.18 bits per heavy atom. The first-order valence-electron chi connectivity index (χ1n) is 7.69. The lowest BCUT2D eigenvalue weighted by Gasteiger charge is -2.42. The van der Waals surface area contributed by atoms with Gasteiger partial charge < -0.3 is 4.90 Å². The van der Waals surface area contributed by atoms with E-state index >= 15 is 0 Å². The van der Waals surface area contributed by atoms with E-state index in [-0.39, 0.29) is 0 Å². The van der Waals surface area contributed by atoms with Crippen molar-refractivity contribution in [1.29, 1.82) is 0 Å². The van der Waals surface area contributed by atoms with Crippen LogP contribution >= 0.6 is 0 Å². The maximum Gasteiger partial charge on any atom is 0.00976 e. The fraction of sp³-hybridized carbons (Fsp3) is 1.00. The molecule has 0 spiro atoms. The Morgan fingerprint density at radius 2 is 1.65 bits per heavy atom. The van der Waals surface area contributed by atoms with Crippen molar-refractivity contribution in [3.8, 4) is 0 Å². The topological polar surface area (TPSA) is 3.24 Å². The molecule has 0 N–H and O–H groups in total. The van der Waals surface area contributed by atoms with Crippen LogP contribution in [0.15, 0.2) is 0 Å². The van der Waals surface area contributed by atoms with Gasteiger partial charge >= 0.3 is 0 Å². The summed E-state index contributed by atoms with van der Waals surface area (Å²) in [7, 11) is 2.31. The molecule has 0 unspecified atom stereocenters. The zero-order chi connectivity index (χ0) is 12.8. The Balaban J connectivity index is 1.99. The predicted molar refractivity (Wildman–Crippen MR) is 77.3 cm³/mol. The fourth-order valence-electron chi connectivity index (χ4n) is 3.01. The third-order valence-electron chi connectivity index (χ3n) is 4.13. The van der Waals surface area contributed by atoms with Crippen LogP contribution in [0.25, 0.3) is 0 Å². The summed E-state index contributed by atoms with van der Waals surface area (Å²) in [6.45, 7) is 10.6. The van der Waals surface area contributed by atoms with E-state index in [1.807, 2.05) is 0 Å². The first-order chi connectivity index (χ1) is 7.99. The highest BCUT2D eigenvalue weighted by Gasteiger charge is 2.31. The van der Waals surface area contributed by atoms with Crippen molar-refractivity contribution in [2.45, 2.75) is 72.3 Å². The van der Waals surface area contributed by atoms with E-state index in [1.54, 1.807) is 0 Å². The molecule has 0 atom stereocenters. The summed E-state index contributed by atoms with van der Waals surface area (Å²) in [6, 6.07) is 0.896. The van der Waals surface area contributed by atoms with Gasteiger partial charge in [-0.1, -0.05) is 53.4 Å². The fourth-order valence-corrected chi connectivity index (χ4v) is 3.01. The second kappa shape index (κ2) is 7.41. The molecule has 0 amide bonds. The summed E-state index contributed by atoms with van der Waals surface area (Å²) in [5.74, 6) is 2.74. The van der Waals surface area contributed by atoms with Crippen LogP contribution in [0, 0.1) is 17.8 Å². The van der Waals surface area contributed by atoms with E-state index in [0.717, 1.165) is 23.8 Å². The molecule has 1 rings (SSSR count). The monoisotopic (exact) mass is 239 g/mol. The van der Waals surface area contributed by atoms with Crippen LogP contribution in [0.3, 0.4) is 0 Å². The van der Waals surface area contributed by atoms with Crippen LogP contribution in [-0.2, 0) is 0 Å². The molecule has 1 fully saturated rings. The summed E-state index contributed by atoms with van der Waals surface area (Å²) < 4.78 is 0. The van der Waals surface area contributed by atoms with Crippen LogP contribution in [0.2, 0.25) is 0 Å². The summed E-state index contributed by atoms with van der Waals surface area (Å²) in [5, 5.41) is 0. The van der Waals surface area contributed by atoms with Crippen molar-refractivity contribution in [3.05, 3.63) is 0 Å². The molecule has 0 heterocycles. The normalized spacial score (nSPS) is 24.7. The second-order valence-electron chi connectivity index (χ2n) is 7.00. The van der Waals surface area contributed by atoms with Gasteiger partial charge in [0.1, 0.15) is 0 Å². The van der Waals surface area contributed by atoms with Crippen molar-refractivity contribution >= 4 is 0 Å². The molecule has 1 aliphatic carbocycles. The molecular formula is C16H33N. The largest absolute Gasteiger partial charge is 0.303 e. The molecule has 1 saturated carbocycles. The highest BCUT2D eigenvalue weighted by Crippen LogP contribution is 2.35. The van der Waals surface area contributed by atoms with Gasteiger partial charge in [-0.3, -0.25) is 0 Å². The van der Waals surface area contributed by atoms with Gasteiger partial charge in [0.25, 0.3) is 0 Å². The van der Waals surface area contributed by atoms with Gasteiger partial charge in [-0.2, -0.15) is 0 Å². The maximum atomic E-state index is 2.58. The first kappa shape index (κ1) is 15.0. The van der Waals surface area contributed by atoms with Gasteiger partial charge in [-0.25, -0.2) is 0 Å². The lowest BCUT2D eigenvalue weighted by Crippen LogP contribution is -2.43. The Bertz CT molecular complexity index is 192. The van der Waals surface area contributed by atoms with Gasteiger partial charge in [-0.05, 0) is 37.6 Å². The van der Waals surface area contributed by atoms with Crippen molar-refractivity contribution in [1.82, 2.24) is 4.90 Å². The molecule has 0 bridgehead atoms. The minimum Gasteiger partial charge on any atom is -0.303 e. The molecule has 0 aromatic rings. The first-order valence-corrected chi connectivity index (χ1v) is 7.69. The van der Waals surface area contributed by atoms with Gasteiger partial charge in [0.2, 0.25) is 0 Å². The van der Waals surface area contributed by atoms with Crippen LogP contribution < -0.4 is 0 Å². The van der Waals surface area contributed by atoms with E-state index in [4.69, 9.17) is 0 Å². The van der Waals surface area contributed by atoms with E-state index in [2.05, 4.69) is 39.6 Å². The number of hydrogen-bond donors (Lipinski definition) is 0. The van der Waals surface area contributed by atoms with E-state index in [9.17, 15) is 0 Å². The molecule has 1 nitrogen and oxygen atoms in total. The Kier molecular flexibility index (Phi) is 6.54. The summed E-state index contributed by atoms with van der Waals surface area (Å²) in [6.07, 6.45) is 8.74. The van der Waals surface area contributed by atoms with Crippen LogP contribution in [0.4, 0.5) is 0 Å². The van der Waals surface area contributed by atoms with Gasteiger partial charge in [0, 0.05) is 12.6 Å². The lowest BCUT2D eigenvalue weighted by molar-refractivity contribution is 0.0852. The summed E-state index contributed by atoms with van der Waals surface area (Å²) in [4.78, 5) is 2.58. The van der Waals surface area contributed by atoms with E-state index < -0.39 is 0 Å². The van der Waals surface area contributed by atoms with Crippen molar-refractivity contribution in [3.63, 3.8) is 0 Å². The van der Waals surface area contributed by atoms with Gasteiger partial charge in [-0.15, -0.1) is 0 Å². The van der Waals surface area contributed by atoms with Gasteiger partial charge in [0.15, 0.2) is 0 Å². The quantitative estimate of drug-likeness (QED) is 0.561. The minimum atomic E-state index is 0.810. The zero-order valence-corrected chi connectivity index (χ0v) is 12.7. The molecule has 0 aromatic carbocycles. The standard InChI is InChI=1S/C16H33N/c1-13(2)8-6-7-9-15-10-16(11-15)17(5)12-14(3)4/h13-16H,6-12H2,1-5H3.